The fourth-order valence-corrected chi connectivity index (χ4v) is 3.06. The van der Waals surface area contributed by atoms with Gasteiger partial charge in [0.15, 0.2) is 5.69 Å². The van der Waals surface area contributed by atoms with E-state index < -0.39 is 11.2 Å². The highest BCUT2D eigenvalue weighted by molar-refractivity contribution is 5.95. The third-order valence-corrected chi connectivity index (χ3v) is 4.54. The van der Waals surface area contributed by atoms with E-state index in [1.54, 1.807) is 6.92 Å². The van der Waals surface area contributed by atoms with Gasteiger partial charge in [-0.1, -0.05) is 43.7 Å². The van der Waals surface area contributed by atoms with Gasteiger partial charge in [0.25, 0.3) is 5.56 Å². The molecule has 0 fully saturated rings. The highest BCUT2D eigenvalue weighted by Crippen LogP contribution is 2.18. The van der Waals surface area contributed by atoms with Crippen LogP contribution in [0.2, 0.25) is 0 Å². The number of benzene rings is 1. The van der Waals surface area contributed by atoms with Gasteiger partial charge < -0.3 is 10.6 Å². The molecule has 7 heteroatoms. The number of aromatic amines is 1. The number of H-pyrrole nitrogens is 1. The van der Waals surface area contributed by atoms with Crippen LogP contribution in [0.3, 0.4) is 0 Å². The monoisotopic (exact) mass is 372 g/mol. The summed E-state index contributed by atoms with van der Waals surface area (Å²) < 4.78 is 1.33. The Hall–Kier alpha value is -2.83. The van der Waals surface area contributed by atoms with Gasteiger partial charge >= 0.3 is 5.69 Å². The van der Waals surface area contributed by atoms with E-state index in [1.165, 1.54) is 15.0 Å². The summed E-state index contributed by atoms with van der Waals surface area (Å²) in [6.45, 7) is 4.51. The van der Waals surface area contributed by atoms with Crippen molar-refractivity contribution in [3.8, 4) is 0 Å². The molecule has 2 aromatic rings. The lowest BCUT2D eigenvalue weighted by Crippen LogP contribution is -2.41. The van der Waals surface area contributed by atoms with Crippen LogP contribution >= 0.6 is 0 Å². The molecule has 0 aliphatic heterocycles. The number of nitrogens with one attached hydrogen (secondary N) is 1. The zero-order valence-corrected chi connectivity index (χ0v) is 16.0. The van der Waals surface area contributed by atoms with E-state index >= 15 is 0 Å². The van der Waals surface area contributed by atoms with Gasteiger partial charge in [-0.15, -0.1) is 0 Å². The van der Waals surface area contributed by atoms with Gasteiger partial charge in [-0.05, 0) is 31.7 Å². The fourth-order valence-electron chi connectivity index (χ4n) is 3.06. The number of anilines is 2. The van der Waals surface area contributed by atoms with Gasteiger partial charge in [0.05, 0.1) is 0 Å². The average molecular weight is 372 g/mol. The van der Waals surface area contributed by atoms with Crippen molar-refractivity contribution in [3.63, 3.8) is 0 Å². The summed E-state index contributed by atoms with van der Waals surface area (Å²) in [5.74, 6) is -0.123. The number of carbonyl (C=O) groups excluding carboxylic acids is 1. The molecule has 0 saturated carbocycles. The molecule has 7 nitrogen and oxygen atoms in total. The normalized spacial score (nSPS) is 10.7. The Labute approximate surface area is 158 Å². The average Bonchev–Trinajstić information content (AvgIpc) is 2.65. The van der Waals surface area contributed by atoms with Crippen LogP contribution in [0.5, 0.6) is 0 Å². The Bertz CT molecular complexity index is 871. The van der Waals surface area contributed by atoms with Crippen molar-refractivity contribution in [2.75, 3.05) is 17.2 Å². The van der Waals surface area contributed by atoms with Gasteiger partial charge in [-0.25, -0.2) is 4.79 Å². The van der Waals surface area contributed by atoms with E-state index in [-0.39, 0.29) is 17.4 Å². The van der Waals surface area contributed by atoms with E-state index in [4.69, 9.17) is 5.73 Å². The lowest BCUT2D eigenvalue weighted by atomic mass is 10.1. The molecular weight excluding hydrogens is 344 g/mol. The number of carbonyl (C=O) groups is 1. The Morgan fingerprint density at radius 3 is 2.48 bits per heavy atom. The summed E-state index contributed by atoms with van der Waals surface area (Å²) in [4.78, 5) is 40.8. The van der Waals surface area contributed by atoms with Gasteiger partial charge in [-0.3, -0.25) is 19.1 Å². The molecule has 0 bridgehead atoms. The van der Waals surface area contributed by atoms with Crippen LogP contribution in [-0.4, -0.2) is 22.0 Å². The SMILES string of the molecule is CCCCn1c(N)c(N(CC)C(=O)CCCc2ccccc2)c(=O)[nH]c1=O. The van der Waals surface area contributed by atoms with Crippen molar-refractivity contribution in [1.82, 2.24) is 9.55 Å². The van der Waals surface area contributed by atoms with Crippen LogP contribution in [-0.2, 0) is 17.8 Å². The third kappa shape index (κ3) is 5.09. The summed E-state index contributed by atoms with van der Waals surface area (Å²) in [5, 5.41) is 0. The summed E-state index contributed by atoms with van der Waals surface area (Å²) in [5.41, 5.74) is 6.18. The molecule has 1 amide bonds. The molecule has 0 atom stereocenters. The number of amides is 1. The van der Waals surface area contributed by atoms with Crippen LogP contribution in [0, 0.1) is 0 Å². The molecule has 27 heavy (non-hydrogen) atoms. The second-order valence-electron chi connectivity index (χ2n) is 6.48. The van der Waals surface area contributed by atoms with Crippen LogP contribution in [0.4, 0.5) is 11.5 Å². The van der Waals surface area contributed by atoms with Crippen LogP contribution in [0.25, 0.3) is 0 Å². The number of nitrogens with zero attached hydrogens (tertiary/aromatic N) is 2. The van der Waals surface area contributed by atoms with E-state index in [1.807, 2.05) is 37.3 Å². The second-order valence-corrected chi connectivity index (χ2v) is 6.48. The minimum atomic E-state index is -0.622. The number of aryl methyl sites for hydroxylation is 1. The molecule has 2 rings (SSSR count). The first-order valence-electron chi connectivity index (χ1n) is 9.46. The highest BCUT2D eigenvalue weighted by atomic mass is 16.2. The molecule has 0 aliphatic carbocycles. The Morgan fingerprint density at radius 1 is 1.15 bits per heavy atom. The molecule has 1 aromatic carbocycles. The lowest BCUT2D eigenvalue weighted by Gasteiger charge is -2.23. The number of hydrogen-bond acceptors (Lipinski definition) is 4. The van der Waals surface area contributed by atoms with Gasteiger partial charge in [0, 0.05) is 19.5 Å². The number of rotatable bonds is 9. The Balaban J connectivity index is 2.19. The van der Waals surface area contributed by atoms with Crippen molar-refractivity contribution in [3.05, 3.63) is 56.7 Å². The van der Waals surface area contributed by atoms with E-state index in [0.29, 0.717) is 25.9 Å². The molecule has 1 aromatic heterocycles. The molecule has 0 spiro atoms. The van der Waals surface area contributed by atoms with Crippen molar-refractivity contribution in [2.24, 2.45) is 0 Å². The minimum absolute atomic E-state index is 0.0514. The number of aromatic nitrogens is 2. The third-order valence-electron chi connectivity index (χ3n) is 4.54. The zero-order valence-electron chi connectivity index (χ0n) is 16.0. The first kappa shape index (κ1) is 20.5. The molecule has 0 saturated heterocycles. The van der Waals surface area contributed by atoms with Crippen LogP contribution < -0.4 is 21.9 Å². The van der Waals surface area contributed by atoms with Gasteiger partial charge in [0.1, 0.15) is 5.82 Å². The van der Waals surface area contributed by atoms with Crippen LogP contribution in [0.15, 0.2) is 39.9 Å². The first-order chi connectivity index (χ1) is 13.0. The predicted octanol–water partition coefficient (Wildman–Crippen LogP) is 2.29. The van der Waals surface area contributed by atoms with E-state index in [2.05, 4.69) is 4.98 Å². The van der Waals surface area contributed by atoms with Crippen molar-refractivity contribution in [1.29, 1.82) is 0 Å². The highest BCUT2D eigenvalue weighted by Gasteiger charge is 2.22. The predicted molar refractivity (Wildman–Crippen MR) is 108 cm³/mol. The number of unbranched alkanes of at least 4 members (excludes halogenated alkanes) is 1. The van der Waals surface area contributed by atoms with Gasteiger partial charge in [-0.2, -0.15) is 0 Å². The maximum Gasteiger partial charge on any atom is 0.330 e. The number of hydrogen-bond donors (Lipinski definition) is 2. The Morgan fingerprint density at radius 2 is 1.85 bits per heavy atom. The van der Waals surface area contributed by atoms with E-state index in [9.17, 15) is 14.4 Å². The van der Waals surface area contributed by atoms with Crippen molar-refractivity contribution >= 4 is 17.4 Å². The van der Waals surface area contributed by atoms with Crippen molar-refractivity contribution in [2.45, 2.75) is 52.5 Å². The minimum Gasteiger partial charge on any atom is -0.383 e. The Kier molecular flexibility index (Phi) is 7.40. The molecule has 3 N–H and O–H groups in total. The van der Waals surface area contributed by atoms with Gasteiger partial charge in [0.2, 0.25) is 5.91 Å². The second kappa shape index (κ2) is 9.75. The zero-order chi connectivity index (χ0) is 19.8. The molecule has 0 radical (unpaired) electrons. The summed E-state index contributed by atoms with van der Waals surface area (Å²) >= 11 is 0. The smallest absolute Gasteiger partial charge is 0.330 e. The standard InChI is InChI=1S/C20H28N4O3/c1-3-5-14-24-18(21)17(19(26)22-20(24)27)23(4-2)16(25)13-9-12-15-10-7-6-8-11-15/h6-8,10-11H,3-5,9,12-14,21H2,1-2H3,(H,22,26,27). The molecule has 146 valence electrons. The first-order valence-corrected chi connectivity index (χ1v) is 9.46. The molecule has 1 heterocycles. The van der Waals surface area contributed by atoms with E-state index in [0.717, 1.165) is 19.3 Å². The van der Waals surface area contributed by atoms with Crippen molar-refractivity contribution < 1.29 is 4.79 Å². The van der Waals surface area contributed by atoms with Crippen LogP contribution in [0.1, 0.15) is 45.1 Å². The molecule has 0 unspecified atom stereocenters. The molecular formula is C20H28N4O3. The molecule has 0 aliphatic rings. The number of nitrogen functional groups attached to an aromatic ring is 1. The summed E-state index contributed by atoms with van der Waals surface area (Å²) in [6, 6.07) is 9.93. The summed E-state index contributed by atoms with van der Waals surface area (Å²) in [7, 11) is 0. The summed E-state index contributed by atoms with van der Waals surface area (Å²) in [6.07, 6.45) is 3.40. The maximum atomic E-state index is 12.7. The number of nitrogens with two attached hydrogens (primary N) is 1. The fraction of sp³-hybridized carbons (Fsp3) is 0.450. The topological polar surface area (TPSA) is 101 Å². The largest absolute Gasteiger partial charge is 0.383 e. The lowest BCUT2D eigenvalue weighted by molar-refractivity contribution is -0.118. The maximum absolute atomic E-state index is 12.7. The quantitative estimate of drug-likeness (QED) is 0.705.